The molecule has 6 heteroatoms. The molecule has 0 N–H and O–H groups in total. The van der Waals surface area contributed by atoms with Crippen molar-refractivity contribution in [1.82, 2.24) is 0 Å². The molecule has 1 heterocycles. The summed E-state index contributed by atoms with van der Waals surface area (Å²) in [6.07, 6.45) is 3.57. The number of hydrogen-bond donors (Lipinski definition) is 0. The smallest absolute Gasteiger partial charge is 0.416 e. The molecular formula is C20H22ClF3OS. The first-order valence-corrected chi connectivity index (χ1v) is 10.7. The standard InChI is InChI=1S/C20H22ClF3OS/c1-26-12-18-16(19(21)14-5-3-2-4-6-14)11-17(25-18)13-7-9-15(10-8-13)20(22,23)24/h7-11,14,19H,2-6,12H2,1H3. The Labute approximate surface area is 161 Å². The highest BCUT2D eigenvalue weighted by molar-refractivity contribution is 7.97. The molecule has 3 rings (SSSR count). The Kier molecular flexibility index (Phi) is 6.29. The van der Waals surface area contributed by atoms with Crippen LogP contribution in [-0.4, -0.2) is 6.26 Å². The van der Waals surface area contributed by atoms with E-state index >= 15 is 0 Å². The van der Waals surface area contributed by atoms with Gasteiger partial charge in [-0.25, -0.2) is 0 Å². The number of hydrogen-bond acceptors (Lipinski definition) is 2. The predicted octanol–water partition coefficient (Wildman–Crippen LogP) is 7.69. The Hall–Kier alpha value is -1.07. The van der Waals surface area contributed by atoms with Crippen molar-refractivity contribution < 1.29 is 17.6 Å². The van der Waals surface area contributed by atoms with Crippen LogP contribution in [-0.2, 0) is 11.9 Å². The highest BCUT2D eigenvalue weighted by Gasteiger charge is 2.31. The third-order valence-corrected chi connectivity index (χ3v) is 6.12. The quantitative estimate of drug-likeness (QED) is 0.475. The predicted molar refractivity (Wildman–Crippen MR) is 102 cm³/mol. The maximum atomic E-state index is 12.8. The summed E-state index contributed by atoms with van der Waals surface area (Å²) >= 11 is 8.44. The summed E-state index contributed by atoms with van der Waals surface area (Å²) in [6.45, 7) is 0. The lowest BCUT2D eigenvalue weighted by atomic mass is 9.84. The van der Waals surface area contributed by atoms with Gasteiger partial charge in [-0.1, -0.05) is 31.4 Å². The average Bonchev–Trinajstić information content (AvgIpc) is 3.05. The molecule has 142 valence electrons. The van der Waals surface area contributed by atoms with Gasteiger partial charge >= 0.3 is 6.18 Å². The molecular weight excluding hydrogens is 381 g/mol. The third-order valence-electron chi connectivity index (χ3n) is 4.97. The van der Waals surface area contributed by atoms with Gasteiger partial charge in [-0.2, -0.15) is 24.9 Å². The average molecular weight is 403 g/mol. The molecule has 1 nitrogen and oxygen atoms in total. The first-order chi connectivity index (χ1) is 12.4. The van der Waals surface area contributed by atoms with Gasteiger partial charge in [0.15, 0.2) is 0 Å². The van der Waals surface area contributed by atoms with Crippen LogP contribution < -0.4 is 0 Å². The molecule has 0 saturated heterocycles. The van der Waals surface area contributed by atoms with E-state index in [4.69, 9.17) is 16.0 Å². The van der Waals surface area contributed by atoms with Gasteiger partial charge in [0.1, 0.15) is 11.5 Å². The van der Waals surface area contributed by atoms with Crippen molar-refractivity contribution in [1.29, 1.82) is 0 Å². The van der Waals surface area contributed by atoms with E-state index in [2.05, 4.69) is 0 Å². The first kappa shape index (κ1) is 19.7. The Balaban J connectivity index is 1.88. The molecule has 1 aliphatic rings. The molecule has 0 radical (unpaired) electrons. The lowest BCUT2D eigenvalue weighted by Gasteiger charge is -2.26. The van der Waals surface area contributed by atoms with E-state index in [1.54, 1.807) is 11.8 Å². The van der Waals surface area contributed by atoms with Gasteiger partial charge < -0.3 is 4.42 Å². The summed E-state index contributed by atoms with van der Waals surface area (Å²) in [6, 6.07) is 7.01. The van der Waals surface area contributed by atoms with Gasteiger partial charge in [-0.15, -0.1) is 11.6 Å². The fourth-order valence-electron chi connectivity index (χ4n) is 3.57. The van der Waals surface area contributed by atoms with Crippen LogP contribution in [0.4, 0.5) is 13.2 Å². The number of benzene rings is 1. The van der Waals surface area contributed by atoms with Crippen LogP contribution in [0.15, 0.2) is 34.7 Å². The lowest BCUT2D eigenvalue weighted by Crippen LogP contribution is -2.12. The van der Waals surface area contributed by atoms with Crippen molar-refractivity contribution in [2.45, 2.75) is 49.4 Å². The van der Waals surface area contributed by atoms with Crippen LogP contribution in [0.3, 0.4) is 0 Å². The van der Waals surface area contributed by atoms with Crippen LogP contribution in [0.2, 0.25) is 0 Å². The van der Waals surface area contributed by atoms with Crippen LogP contribution in [0.1, 0.15) is 54.4 Å². The maximum Gasteiger partial charge on any atom is 0.416 e. The van der Waals surface area contributed by atoms with Crippen molar-refractivity contribution in [3.05, 3.63) is 47.2 Å². The monoisotopic (exact) mass is 402 g/mol. The number of furan rings is 1. The summed E-state index contributed by atoms with van der Waals surface area (Å²) in [5.41, 5.74) is 0.969. The molecule has 0 bridgehead atoms. The van der Waals surface area contributed by atoms with Crippen LogP contribution in [0.25, 0.3) is 11.3 Å². The summed E-state index contributed by atoms with van der Waals surface area (Å²) in [7, 11) is 0. The molecule has 1 unspecified atom stereocenters. The van der Waals surface area contributed by atoms with Crippen molar-refractivity contribution in [2.24, 2.45) is 5.92 Å². The maximum absolute atomic E-state index is 12.8. The van der Waals surface area contributed by atoms with Gasteiger partial charge in [0.2, 0.25) is 0 Å². The largest absolute Gasteiger partial charge is 0.460 e. The zero-order valence-electron chi connectivity index (χ0n) is 14.6. The van der Waals surface area contributed by atoms with E-state index in [9.17, 15) is 13.2 Å². The highest BCUT2D eigenvalue weighted by atomic mass is 35.5. The fourth-order valence-corrected chi connectivity index (χ4v) is 4.49. The Morgan fingerprint density at radius 1 is 1.15 bits per heavy atom. The van der Waals surface area contributed by atoms with E-state index in [0.29, 0.717) is 23.0 Å². The van der Waals surface area contributed by atoms with Crippen LogP contribution >= 0.6 is 23.4 Å². The molecule has 1 atom stereocenters. The van der Waals surface area contributed by atoms with Gasteiger partial charge in [0.05, 0.1) is 16.7 Å². The minimum Gasteiger partial charge on any atom is -0.460 e. The summed E-state index contributed by atoms with van der Waals surface area (Å²) in [5, 5.41) is -0.107. The number of halogens is 4. The Morgan fingerprint density at radius 2 is 1.81 bits per heavy atom. The molecule has 0 amide bonds. The van der Waals surface area contributed by atoms with Gasteiger partial charge in [0.25, 0.3) is 0 Å². The topological polar surface area (TPSA) is 13.1 Å². The minimum absolute atomic E-state index is 0.107. The second kappa shape index (κ2) is 8.30. The number of rotatable bonds is 5. The van der Waals surface area contributed by atoms with Crippen LogP contribution in [0, 0.1) is 5.92 Å². The van der Waals surface area contributed by atoms with Crippen LogP contribution in [0.5, 0.6) is 0 Å². The molecule has 0 aliphatic heterocycles. The second-order valence-corrected chi connectivity index (χ2v) is 8.13. The Bertz CT molecular complexity index is 718. The zero-order chi connectivity index (χ0) is 18.7. The van der Waals surface area contributed by atoms with Gasteiger partial charge in [-0.3, -0.25) is 0 Å². The van der Waals surface area contributed by atoms with E-state index in [0.717, 1.165) is 36.3 Å². The number of alkyl halides is 4. The van der Waals surface area contributed by atoms with Gasteiger partial charge in [-0.05, 0) is 43.2 Å². The van der Waals surface area contributed by atoms with Crippen molar-refractivity contribution in [3.8, 4) is 11.3 Å². The Morgan fingerprint density at radius 3 is 2.38 bits per heavy atom. The molecule has 1 aliphatic carbocycles. The molecule has 1 fully saturated rings. The van der Waals surface area contributed by atoms with E-state index in [-0.39, 0.29) is 5.38 Å². The highest BCUT2D eigenvalue weighted by Crippen LogP contribution is 2.43. The molecule has 0 spiro atoms. The van der Waals surface area contributed by atoms with E-state index < -0.39 is 11.7 Å². The summed E-state index contributed by atoms with van der Waals surface area (Å²) < 4.78 is 44.3. The number of thioether (sulfide) groups is 1. The van der Waals surface area contributed by atoms with Crippen molar-refractivity contribution >= 4 is 23.4 Å². The molecule has 1 aromatic heterocycles. The molecule has 2 aromatic rings. The molecule has 1 aromatic carbocycles. The SMILES string of the molecule is CSCc1oc(-c2ccc(C(F)(F)F)cc2)cc1C(Cl)C1CCCCC1. The normalized spacial score (nSPS) is 17.4. The van der Waals surface area contributed by atoms with Crippen molar-refractivity contribution in [3.63, 3.8) is 0 Å². The molecule has 26 heavy (non-hydrogen) atoms. The minimum atomic E-state index is -4.33. The fraction of sp³-hybridized carbons (Fsp3) is 0.500. The lowest BCUT2D eigenvalue weighted by molar-refractivity contribution is -0.137. The summed E-state index contributed by atoms with van der Waals surface area (Å²) in [4.78, 5) is 0. The van der Waals surface area contributed by atoms with Crippen molar-refractivity contribution in [2.75, 3.05) is 6.26 Å². The summed E-state index contributed by atoms with van der Waals surface area (Å²) in [5.74, 6) is 2.55. The van der Waals surface area contributed by atoms with E-state index in [1.807, 2.05) is 12.3 Å². The first-order valence-electron chi connectivity index (χ1n) is 8.83. The van der Waals surface area contributed by atoms with Gasteiger partial charge in [0, 0.05) is 11.1 Å². The zero-order valence-corrected chi connectivity index (χ0v) is 16.2. The third kappa shape index (κ3) is 4.42. The second-order valence-electron chi connectivity index (χ2n) is 6.80. The van der Waals surface area contributed by atoms with E-state index in [1.165, 1.54) is 31.4 Å². The molecule has 1 saturated carbocycles.